The highest BCUT2D eigenvalue weighted by Gasteiger charge is 2.34. The number of nitrogens with one attached hydrogen (secondary N) is 2. The van der Waals surface area contributed by atoms with Gasteiger partial charge in [-0.2, -0.15) is 0 Å². The normalized spacial score (nSPS) is 22.2. The minimum atomic E-state index is -3.37. The lowest BCUT2D eigenvalue weighted by molar-refractivity contribution is -0.120. The zero-order chi connectivity index (χ0) is 18.0. The molecule has 0 radical (unpaired) electrons. The standard InChI is InChI=1S/C17H25FN2O3S/c1-17(2,3)24(22,23)20-15-8-4-12(5-9-15)16(21)19-14-10-6-13(18)7-11-14/h6-7,10-12,15,20H,4-5,8-9H2,1-3H3,(H,19,21). The average Bonchev–Trinajstić information content (AvgIpc) is 2.49. The zero-order valence-corrected chi connectivity index (χ0v) is 15.1. The third kappa shape index (κ3) is 4.77. The van der Waals surface area contributed by atoms with Crippen LogP contribution in [0.3, 0.4) is 0 Å². The topological polar surface area (TPSA) is 75.3 Å². The molecule has 1 saturated carbocycles. The SMILES string of the molecule is CC(C)(C)S(=O)(=O)NC1CCC(C(=O)Nc2ccc(F)cc2)CC1. The van der Waals surface area contributed by atoms with E-state index in [4.69, 9.17) is 0 Å². The van der Waals surface area contributed by atoms with E-state index in [2.05, 4.69) is 10.0 Å². The Balaban J connectivity index is 1.86. The molecular weight excluding hydrogens is 331 g/mol. The Kier molecular flexibility index (Phi) is 5.65. The molecule has 1 aromatic rings. The summed E-state index contributed by atoms with van der Waals surface area (Å²) in [7, 11) is -3.37. The van der Waals surface area contributed by atoms with E-state index < -0.39 is 14.8 Å². The van der Waals surface area contributed by atoms with Crippen molar-refractivity contribution in [1.82, 2.24) is 4.72 Å². The highest BCUT2D eigenvalue weighted by molar-refractivity contribution is 7.90. The fourth-order valence-electron chi connectivity index (χ4n) is 2.65. The second kappa shape index (κ2) is 7.19. The van der Waals surface area contributed by atoms with Gasteiger partial charge in [-0.05, 0) is 70.7 Å². The summed E-state index contributed by atoms with van der Waals surface area (Å²) >= 11 is 0. The predicted molar refractivity (Wildman–Crippen MR) is 92.6 cm³/mol. The number of amides is 1. The van der Waals surface area contributed by atoms with Crippen LogP contribution < -0.4 is 10.0 Å². The molecule has 7 heteroatoms. The Labute approximate surface area is 143 Å². The molecule has 1 aromatic carbocycles. The van der Waals surface area contributed by atoms with Gasteiger partial charge >= 0.3 is 0 Å². The average molecular weight is 356 g/mol. The number of benzene rings is 1. The van der Waals surface area contributed by atoms with Crippen molar-refractivity contribution in [1.29, 1.82) is 0 Å². The molecule has 24 heavy (non-hydrogen) atoms. The van der Waals surface area contributed by atoms with E-state index in [1.54, 1.807) is 20.8 Å². The summed E-state index contributed by atoms with van der Waals surface area (Å²) in [6.07, 6.45) is 2.53. The van der Waals surface area contributed by atoms with Crippen LogP contribution >= 0.6 is 0 Å². The first-order valence-electron chi connectivity index (χ1n) is 8.17. The number of anilines is 1. The number of rotatable bonds is 4. The summed E-state index contributed by atoms with van der Waals surface area (Å²) < 4.78 is 39.1. The first kappa shape index (κ1) is 18.9. The summed E-state index contributed by atoms with van der Waals surface area (Å²) in [5.41, 5.74) is 0.567. The van der Waals surface area contributed by atoms with Crippen molar-refractivity contribution in [3.63, 3.8) is 0 Å². The molecule has 134 valence electrons. The molecule has 1 aliphatic carbocycles. The summed E-state index contributed by atoms with van der Waals surface area (Å²) in [5.74, 6) is -0.594. The van der Waals surface area contributed by atoms with Gasteiger partial charge in [0.1, 0.15) is 5.82 Å². The van der Waals surface area contributed by atoms with E-state index >= 15 is 0 Å². The lowest BCUT2D eigenvalue weighted by Crippen LogP contribution is -2.46. The molecule has 0 spiro atoms. The van der Waals surface area contributed by atoms with E-state index in [0.717, 1.165) is 0 Å². The summed E-state index contributed by atoms with van der Waals surface area (Å²) in [4.78, 5) is 12.3. The van der Waals surface area contributed by atoms with Crippen molar-refractivity contribution in [2.24, 2.45) is 5.92 Å². The third-order valence-corrected chi connectivity index (χ3v) is 6.59. The highest BCUT2D eigenvalue weighted by atomic mass is 32.2. The number of hydrogen-bond acceptors (Lipinski definition) is 3. The van der Waals surface area contributed by atoms with Gasteiger partial charge in [-0.1, -0.05) is 0 Å². The maximum Gasteiger partial charge on any atom is 0.227 e. The first-order valence-corrected chi connectivity index (χ1v) is 9.65. The third-order valence-electron chi connectivity index (χ3n) is 4.34. The van der Waals surface area contributed by atoms with Gasteiger partial charge in [-0.3, -0.25) is 4.79 Å². The molecule has 1 fully saturated rings. The van der Waals surface area contributed by atoms with Crippen molar-refractivity contribution < 1.29 is 17.6 Å². The van der Waals surface area contributed by atoms with Crippen molar-refractivity contribution in [3.05, 3.63) is 30.1 Å². The minimum Gasteiger partial charge on any atom is -0.326 e. The van der Waals surface area contributed by atoms with Gasteiger partial charge in [-0.25, -0.2) is 17.5 Å². The number of hydrogen-bond donors (Lipinski definition) is 2. The van der Waals surface area contributed by atoms with Gasteiger partial charge in [0.05, 0.1) is 4.75 Å². The molecule has 1 aliphatic rings. The van der Waals surface area contributed by atoms with Gasteiger partial charge in [0.2, 0.25) is 15.9 Å². The number of carbonyl (C=O) groups is 1. The van der Waals surface area contributed by atoms with Crippen molar-refractivity contribution in [3.8, 4) is 0 Å². The quantitative estimate of drug-likeness (QED) is 0.871. The largest absolute Gasteiger partial charge is 0.326 e. The molecule has 0 bridgehead atoms. The van der Waals surface area contributed by atoms with Crippen LogP contribution in [0.25, 0.3) is 0 Å². The van der Waals surface area contributed by atoms with Crippen LogP contribution in [0, 0.1) is 11.7 Å². The van der Waals surface area contributed by atoms with Crippen molar-refractivity contribution in [2.45, 2.75) is 57.2 Å². The van der Waals surface area contributed by atoms with Crippen LogP contribution in [-0.4, -0.2) is 25.1 Å². The Morgan fingerprint density at radius 1 is 1.08 bits per heavy atom. The number of carbonyl (C=O) groups excluding carboxylic acids is 1. The number of sulfonamides is 1. The summed E-state index contributed by atoms with van der Waals surface area (Å²) in [5, 5.41) is 2.78. The van der Waals surface area contributed by atoms with E-state index in [1.165, 1.54) is 24.3 Å². The molecule has 2 rings (SSSR count). The van der Waals surface area contributed by atoms with E-state index in [9.17, 15) is 17.6 Å². The summed E-state index contributed by atoms with van der Waals surface area (Å²) in [6.45, 7) is 4.99. The molecule has 1 amide bonds. The molecular formula is C17H25FN2O3S. The predicted octanol–water partition coefficient (Wildman–Crippen LogP) is 3.04. The first-order chi connectivity index (χ1) is 11.1. The van der Waals surface area contributed by atoms with Gasteiger partial charge in [0.25, 0.3) is 0 Å². The maximum atomic E-state index is 12.9. The van der Waals surface area contributed by atoms with Gasteiger partial charge < -0.3 is 5.32 Å². The fourth-order valence-corrected chi connectivity index (χ4v) is 3.68. The molecule has 0 saturated heterocycles. The van der Waals surface area contributed by atoms with Crippen LogP contribution in [0.2, 0.25) is 0 Å². The lowest BCUT2D eigenvalue weighted by Gasteiger charge is -2.30. The lowest BCUT2D eigenvalue weighted by atomic mass is 9.86. The Morgan fingerprint density at radius 3 is 2.12 bits per heavy atom. The van der Waals surface area contributed by atoms with Crippen LogP contribution in [0.4, 0.5) is 10.1 Å². The van der Waals surface area contributed by atoms with E-state index in [1.807, 2.05) is 0 Å². The monoisotopic (exact) mass is 356 g/mol. The van der Waals surface area contributed by atoms with Crippen molar-refractivity contribution >= 4 is 21.6 Å². The van der Waals surface area contributed by atoms with Crippen LogP contribution in [0.1, 0.15) is 46.5 Å². The second-order valence-corrected chi connectivity index (χ2v) is 9.75. The Morgan fingerprint density at radius 2 is 1.62 bits per heavy atom. The van der Waals surface area contributed by atoms with Crippen LogP contribution in [-0.2, 0) is 14.8 Å². The van der Waals surface area contributed by atoms with Gasteiger partial charge in [0, 0.05) is 17.6 Å². The Bertz CT molecular complexity index is 673. The number of halogens is 1. The molecule has 0 aliphatic heterocycles. The van der Waals surface area contributed by atoms with Crippen LogP contribution in [0.5, 0.6) is 0 Å². The van der Waals surface area contributed by atoms with Crippen LogP contribution in [0.15, 0.2) is 24.3 Å². The van der Waals surface area contributed by atoms with Gasteiger partial charge in [0.15, 0.2) is 0 Å². The maximum absolute atomic E-state index is 12.9. The fraction of sp³-hybridized carbons (Fsp3) is 0.588. The van der Waals surface area contributed by atoms with E-state index in [-0.39, 0.29) is 23.7 Å². The molecule has 0 unspecified atom stereocenters. The highest BCUT2D eigenvalue weighted by Crippen LogP contribution is 2.27. The molecule has 0 atom stereocenters. The summed E-state index contributed by atoms with van der Waals surface area (Å²) in [6, 6.07) is 5.53. The molecule has 0 aromatic heterocycles. The smallest absolute Gasteiger partial charge is 0.227 e. The van der Waals surface area contributed by atoms with E-state index in [0.29, 0.717) is 31.4 Å². The van der Waals surface area contributed by atoms with Gasteiger partial charge in [-0.15, -0.1) is 0 Å². The molecule has 2 N–H and O–H groups in total. The Hall–Kier alpha value is -1.47. The molecule has 5 nitrogen and oxygen atoms in total. The second-order valence-electron chi connectivity index (χ2n) is 7.28. The zero-order valence-electron chi connectivity index (χ0n) is 14.3. The molecule has 0 heterocycles. The van der Waals surface area contributed by atoms with Crippen molar-refractivity contribution in [2.75, 3.05) is 5.32 Å². The minimum absolute atomic E-state index is 0.0984.